The summed E-state index contributed by atoms with van der Waals surface area (Å²) in [5, 5.41) is 7.71. The van der Waals surface area contributed by atoms with Crippen LogP contribution in [0.1, 0.15) is 19.3 Å². The van der Waals surface area contributed by atoms with E-state index >= 15 is 0 Å². The number of carbonyl (C=O) groups excluding carboxylic acids is 1. The molecule has 1 fully saturated rings. The van der Waals surface area contributed by atoms with E-state index in [-0.39, 0.29) is 5.91 Å². The van der Waals surface area contributed by atoms with Crippen LogP contribution < -0.4 is 5.32 Å². The minimum atomic E-state index is 0.122. The Kier molecular flexibility index (Phi) is 6.67. The van der Waals surface area contributed by atoms with Gasteiger partial charge in [-0.15, -0.1) is 0 Å². The molecule has 0 radical (unpaired) electrons. The summed E-state index contributed by atoms with van der Waals surface area (Å²) in [6, 6.07) is 0.586. The molecule has 1 N–H and O–H groups in total. The van der Waals surface area contributed by atoms with Crippen LogP contribution in [0.3, 0.4) is 0 Å². The first-order valence-electron chi connectivity index (χ1n) is 7.88. The Labute approximate surface area is 137 Å². The molecule has 7 heteroatoms. The summed E-state index contributed by atoms with van der Waals surface area (Å²) in [5.74, 6) is 0.122. The smallest absolute Gasteiger partial charge is 0.221 e. The van der Waals surface area contributed by atoms with Crippen LogP contribution in [0.25, 0.3) is 0 Å². The quantitative estimate of drug-likeness (QED) is 0.726. The summed E-state index contributed by atoms with van der Waals surface area (Å²) < 4.78 is 1.79. The Bertz CT molecular complexity index is 478. The molecule has 124 valence electrons. The maximum absolute atomic E-state index is 11.9. The summed E-state index contributed by atoms with van der Waals surface area (Å²) in [6.07, 6.45) is 6.02. The third kappa shape index (κ3) is 5.59. The largest absolute Gasteiger partial charge is 0.356 e. The van der Waals surface area contributed by atoms with Crippen molar-refractivity contribution >= 4 is 17.5 Å². The molecule has 1 aromatic heterocycles. The van der Waals surface area contributed by atoms with Gasteiger partial charge in [-0.25, -0.2) is 0 Å². The minimum Gasteiger partial charge on any atom is -0.356 e. The number of aryl methyl sites for hydroxylation is 1. The first-order valence-corrected chi connectivity index (χ1v) is 8.26. The topological polar surface area (TPSA) is 53.4 Å². The normalized spacial score (nSPS) is 19.0. The second kappa shape index (κ2) is 8.50. The van der Waals surface area contributed by atoms with Gasteiger partial charge in [0.2, 0.25) is 5.91 Å². The molecule has 1 aliphatic rings. The van der Waals surface area contributed by atoms with E-state index in [0.717, 1.165) is 32.6 Å². The van der Waals surface area contributed by atoms with Gasteiger partial charge in [0.1, 0.15) is 0 Å². The highest BCUT2D eigenvalue weighted by atomic mass is 35.5. The van der Waals surface area contributed by atoms with E-state index < -0.39 is 0 Å². The Morgan fingerprint density at radius 2 is 2.41 bits per heavy atom. The van der Waals surface area contributed by atoms with Gasteiger partial charge in [-0.05, 0) is 33.5 Å². The van der Waals surface area contributed by atoms with Crippen molar-refractivity contribution in [2.24, 2.45) is 0 Å². The molecule has 1 amide bonds. The lowest BCUT2D eigenvalue weighted by atomic mass is 10.2. The molecule has 2 heterocycles. The molecular weight excluding hydrogens is 302 g/mol. The number of halogens is 1. The number of aromatic nitrogens is 2. The lowest BCUT2D eigenvalue weighted by molar-refractivity contribution is -0.121. The average molecular weight is 328 g/mol. The van der Waals surface area contributed by atoms with Gasteiger partial charge in [0, 0.05) is 44.8 Å². The third-order valence-corrected chi connectivity index (χ3v) is 4.36. The highest BCUT2D eigenvalue weighted by Gasteiger charge is 2.23. The van der Waals surface area contributed by atoms with E-state index in [1.807, 2.05) is 0 Å². The number of carbonyl (C=O) groups is 1. The molecule has 0 aromatic carbocycles. The monoisotopic (exact) mass is 327 g/mol. The number of nitrogens with one attached hydrogen (secondary N) is 1. The van der Waals surface area contributed by atoms with Gasteiger partial charge < -0.3 is 15.1 Å². The standard InChI is InChI=1S/C15H26ClN5O/c1-19-8-4-14(12-19)20(2)9-5-15(22)17-6-3-7-21-11-13(16)10-18-21/h10-11,14H,3-9,12H2,1-2H3,(H,17,22)/t14-/m1/s1. The van der Waals surface area contributed by atoms with Crippen LogP contribution in [0.5, 0.6) is 0 Å². The zero-order valence-electron chi connectivity index (χ0n) is 13.5. The fraction of sp³-hybridized carbons (Fsp3) is 0.733. The van der Waals surface area contributed by atoms with E-state index in [9.17, 15) is 4.79 Å². The van der Waals surface area contributed by atoms with E-state index in [4.69, 9.17) is 11.6 Å². The SMILES string of the molecule is CN1CC[C@@H](N(C)CCC(=O)NCCCn2cc(Cl)cn2)C1. The maximum atomic E-state index is 11.9. The molecule has 6 nitrogen and oxygen atoms in total. The summed E-state index contributed by atoms with van der Waals surface area (Å²) in [7, 11) is 4.26. The molecule has 22 heavy (non-hydrogen) atoms. The summed E-state index contributed by atoms with van der Waals surface area (Å²) in [5.41, 5.74) is 0. The van der Waals surface area contributed by atoms with Crippen molar-refractivity contribution in [2.75, 3.05) is 40.3 Å². The molecule has 0 saturated carbocycles. The number of rotatable bonds is 8. The predicted molar refractivity (Wildman–Crippen MR) is 88.0 cm³/mol. The van der Waals surface area contributed by atoms with E-state index in [0.29, 0.717) is 24.0 Å². The lowest BCUT2D eigenvalue weighted by Crippen LogP contribution is -2.37. The van der Waals surface area contributed by atoms with Crippen molar-refractivity contribution in [1.82, 2.24) is 24.9 Å². The van der Waals surface area contributed by atoms with Gasteiger partial charge in [-0.2, -0.15) is 5.10 Å². The first kappa shape index (κ1) is 17.2. The molecule has 1 atom stereocenters. The molecule has 1 aromatic rings. The summed E-state index contributed by atoms with van der Waals surface area (Å²) >= 11 is 5.80. The van der Waals surface area contributed by atoms with Crippen molar-refractivity contribution in [2.45, 2.75) is 31.8 Å². The van der Waals surface area contributed by atoms with Crippen molar-refractivity contribution in [3.05, 3.63) is 17.4 Å². The molecular formula is C15H26ClN5O. The predicted octanol–water partition coefficient (Wildman–Crippen LogP) is 1.07. The maximum Gasteiger partial charge on any atom is 0.221 e. The van der Waals surface area contributed by atoms with Crippen LogP contribution in [0.4, 0.5) is 0 Å². The second-order valence-corrected chi connectivity index (χ2v) is 6.50. The number of hydrogen-bond donors (Lipinski definition) is 1. The Morgan fingerprint density at radius 3 is 3.05 bits per heavy atom. The molecule has 0 aliphatic carbocycles. The number of likely N-dealkylation sites (tertiary alicyclic amines) is 1. The van der Waals surface area contributed by atoms with Gasteiger partial charge in [-0.3, -0.25) is 9.48 Å². The Hall–Kier alpha value is -1.11. The lowest BCUT2D eigenvalue weighted by Gasteiger charge is -2.23. The zero-order valence-corrected chi connectivity index (χ0v) is 14.2. The van der Waals surface area contributed by atoms with Crippen molar-refractivity contribution in [1.29, 1.82) is 0 Å². The Balaban J connectivity index is 1.54. The molecule has 2 rings (SSSR count). The van der Waals surface area contributed by atoms with Crippen LogP contribution in [0.2, 0.25) is 5.02 Å². The number of hydrogen-bond acceptors (Lipinski definition) is 4. The third-order valence-electron chi connectivity index (χ3n) is 4.17. The van der Waals surface area contributed by atoms with Crippen LogP contribution in [-0.2, 0) is 11.3 Å². The highest BCUT2D eigenvalue weighted by Crippen LogP contribution is 2.12. The van der Waals surface area contributed by atoms with Crippen molar-refractivity contribution < 1.29 is 4.79 Å². The average Bonchev–Trinajstić information content (AvgIpc) is 3.10. The summed E-state index contributed by atoms with van der Waals surface area (Å²) in [6.45, 7) is 4.51. The molecule has 1 saturated heterocycles. The van der Waals surface area contributed by atoms with Crippen molar-refractivity contribution in [3.63, 3.8) is 0 Å². The van der Waals surface area contributed by atoms with Crippen molar-refractivity contribution in [3.8, 4) is 0 Å². The van der Waals surface area contributed by atoms with Gasteiger partial charge in [0.05, 0.1) is 11.2 Å². The fourth-order valence-electron chi connectivity index (χ4n) is 2.75. The molecule has 0 spiro atoms. The highest BCUT2D eigenvalue weighted by molar-refractivity contribution is 6.30. The fourth-order valence-corrected chi connectivity index (χ4v) is 2.91. The van der Waals surface area contributed by atoms with Gasteiger partial charge in [0.25, 0.3) is 0 Å². The van der Waals surface area contributed by atoms with Crippen LogP contribution in [0.15, 0.2) is 12.4 Å². The van der Waals surface area contributed by atoms with Crippen LogP contribution >= 0.6 is 11.6 Å². The van der Waals surface area contributed by atoms with Gasteiger partial charge >= 0.3 is 0 Å². The minimum absolute atomic E-state index is 0.122. The van der Waals surface area contributed by atoms with Crippen LogP contribution in [0, 0.1) is 0 Å². The molecule has 1 aliphatic heterocycles. The van der Waals surface area contributed by atoms with E-state index in [1.54, 1.807) is 17.1 Å². The van der Waals surface area contributed by atoms with E-state index in [1.165, 1.54) is 6.42 Å². The number of amides is 1. The Morgan fingerprint density at radius 1 is 1.59 bits per heavy atom. The van der Waals surface area contributed by atoms with Gasteiger partial charge in [0.15, 0.2) is 0 Å². The number of nitrogens with zero attached hydrogens (tertiary/aromatic N) is 4. The summed E-state index contributed by atoms with van der Waals surface area (Å²) in [4.78, 5) is 16.5. The van der Waals surface area contributed by atoms with Crippen LogP contribution in [-0.4, -0.2) is 71.8 Å². The molecule has 0 unspecified atom stereocenters. The molecule has 0 bridgehead atoms. The van der Waals surface area contributed by atoms with Gasteiger partial charge in [-0.1, -0.05) is 11.6 Å². The number of likely N-dealkylation sites (N-methyl/N-ethyl adjacent to an activating group) is 2. The zero-order chi connectivity index (χ0) is 15.9. The van der Waals surface area contributed by atoms with E-state index in [2.05, 4.69) is 34.3 Å². The first-order chi connectivity index (χ1) is 10.5. The second-order valence-electron chi connectivity index (χ2n) is 6.06.